The summed E-state index contributed by atoms with van der Waals surface area (Å²) in [6.45, 7) is 1.31. The van der Waals surface area contributed by atoms with Crippen molar-refractivity contribution in [3.63, 3.8) is 0 Å². The summed E-state index contributed by atoms with van der Waals surface area (Å²) in [5, 5.41) is 13.9. The zero-order valence-electron chi connectivity index (χ0n) is 11.9. The predicted octanol–water partition coefficient (Wildman–Crippen LogP) is 1.36. The number of hydrogen-bond acceptors (Lipinski definition) is 5. The van der Waals surface area contributed by atoms with Gasteiger partial charge in [0.2, 0.25) is 10.0 Å². The average Bonchev–Trinajstić information content (AvgIpc) is 2.48. The van der Waals surface area contributed by atoms with Gasteiger partial charge < -0.3 is 5.32 Å². The molecule has 2 rings (SSSR count). The summed E-state index contributed by atoms with van der Waals surface area (Å²) in [5.41, 5.74) is -0.120. The van der Waals surface area contributed by atoms with E-state index in [1.54, 1.807) is 0 Å². The third-order valence-corrected chi connectivity index (χ3v) is 5.48. The van der Waals surface area contributed by atoms with Crippen LogP contribution in [0.2, 0.25) is 0 Å². The molecule has 0 bridgehead atoms. The molecule has 0 aliphatic carbocycles. The maximum Gasteiger partial charge on any atom is 0.269 e. The van der Waals surface area contributed by atoms with Gasteiger partial charge in [0, 0.05) is 31.8 Å². The zero-order chi connectivity index (χ0) is 15.5. The minimum absolute atomic E-state index is 0.0754. The maximum absolute atomic E-state index is 12.4. The molecule has 0 aromatic heterocycles. The molecule has 7 nitrogen and oxygen atoms in total. The van der Waals surface area contributed by atoms with Crippen molar-refractivity contribution in [1.82, 2.24) is 9.62 Å². The first-order chi connectivity index (χ1) is 9.91. The van der Waals surface area contributed by atoms with Gasteiger partial charge >= 0.3 is 0 Å². The van der Waals surface area contributed by atoms with Crippen molar-refractivity contribution in [2.45, 2.75) is 30.2 Å². The van der Waals surface area contributed by atoms with Crippen molar-refractivity contribution in [1.29, 1.82) is 0 Å². The van der Waals surface area contributed by atoms with E-state index in [2.05, 4.69) is 5.32 Å². The number of benzene rings is 1. The Morgan fingerprint density at radius 3 is 2.52 bits per heavy atom. The Hall–Kier alpha value is -1.51. The molecule has 1 saturated heterocycles. The normalized spacial score (nSPS) is 19.6. The fourth-order valence-corrected chi connectivity index (χ4v) is 3.62. The van der Waals surface area contributed by atoms with Crippen molar-refractivity contribution in [3.8, 4) is 0 Å². The molecule has 116 valence electrons. The van der Waals surface area contributed by atoms with E-state index < -0.39 is 14.9 Å². The molecule has 1 unspecified atom stereocenters. The van der Waals surface area contributed by atoms with Crippen LogP contribution in [0.25, 0.3) is 0 Å². The molecule has 1 aliphatic heterocycles. The topological polar surface area (TPSA) is 92.6 Å². The van der Waals surface area contributed by atoms with Crippen molar-refractivity contribution >= 4 is 15.7 Å². The fourth-order valence-electron chi connectivity index (χ4n) is 2.41. The number of nitrogens with zero attached hydrogens (tertiary/aromatic N) is 2. The minimum Gasteiger partial charge on any atom is -0.313 e. The molecule has 1 N–H and O–H groups in total. The van der Waals surface area contributed by atoms with E-state index in [-0.39, 0.29) is 16.6 Å². The second-order valence-corrected chi connectivity index (χ2v) is 7.23. The van der Waals surface area contributed by atoms with Gasteiger partial charge in [-0.1, -0.05) is 6.42 Å². The average molecular weight is 313 g/mol. The van der Waals surface area contributed by atoms with E-state index in [1.165, 1.54) is 35.6 Å². The van der Waals surface area contributed by atoms with Crippen LogP contribution in [-0.4, -0.2) is 43.8 Å². The highest BCUT2D eigenvalue weighted by molar-refractivity contribution is 7.89. The molecule has 0 amide bonds. The van der Waals surface area contributed by atoms with Crippen LogP contribution in [0.3, 0.4) is 0 Å². The van der Waals surface area contributed by atoms with Crippen LogP contribution < -0.4 is 5.32 Å². The fraction of sp³-hybridized carbons (Fsp3) is 0.538. The van der Waals surface area contributed by atoms with Gasteiger partial charge in [-0.2, -0.15) is 4.31 Å². The molecule has 0 radical (unpaired) electrons. The first-order valence-corrected chi connectivity index (χ1v) is 8.29. The zero-order valence-corrected chi connectivity index (χ0v) is 12.7. The molecule has 1 aromatic carbocycles. The van der Waals surface area contributed by atoms with E-state index in [1.807, 2.05) is 0 Å². The third-order valence-electron chi connectivity index (χ3n) is 3.65. The van der Waals surface area contributed by atoms with E-state index in [9.17, 15) is 18.5 Å². The predicted molar refractivity (Wildman–Crippen MR) is 78.6 cm³/mol. The molecule has 8 heteroatoms. The summed E-state index contributed by atoms with van der Waals surface area (Å²) in [6, 6.07) is 5.13. The highest BCUT2D eigenvalue weighted by Gasteiger charge is 2.25. The summed E-state index contributed by atoms with van der Waals surface area (Å²) in [6.07, 6.45) is 3.18. The molecule has 0 saturated carbocycles. The molecule has 1 aromatic rings. The van der Waals surface area contributed by atoms with Crippen molar-refractivity contribution < 1.29 is 13.3 Å². The number of likely N-dealkylation sites (N-methyl/N-ethyl adjacent to an activating group) is 1. The lowest BCUT2D eigenvalue weighted by molar-refractivity contribution is -0.384. The number of hydrogen-bond donors (Lipinski definition) is 1. The first-order valence-electron chi connectivity index (χ1n) is 6.85. The standard InChI is InChI=1S/C13H19N3O4S/c1-15(10-11-4-2-3-9-14-11)21(19,20)13-7-5-12(6-8-13)16(17)18/h5-8,11,14H,2-4,9-10H2,1H3. The summed E-state index contributed by atoms with van der Waals surface area (Å²) in [4.78, 5) is 10.1. The molecular formula is C13H19N3O4S. The monoisotopic (exact) mass is 313 g/mol. The van der Waals surface area contributed by atoms with Crippen LogP contribution in [0.1, 0.15) is 19.3 Å². The maximum atomic E-state index is 12.4. The lowest BCUT2D eigenvalue weighted by Crippen LogP contribution is -2.44. The van der Waals surface area contributed by atoms with E-state index >= 15 is 0 Å². The van der Waals surface area contributed by atoms with Crippen molar-refractivity contribution in [2.75, 3.05) is 20.1 Å². The molecule has 1 atom stereocenters. The lowest BCUT2D eigenvalue weighted by atomic mass is 10.1. The van der Waals surface area contributed by atoms with Gasteiger partial charge in [-0.15, -0.1) is 0 Å². The molecule has 1 heterocycles. The Morgan fingerprint density at radius 1 is 1.33 bits per heavy atom. The third kappa shape index (κ3) is 3.78. The second-order valence-electron chi connectivity index (χ2n) is 5.18. The molecular weight excluding hydrogens is 294 g/mol. The lowest BCUT2D eigenvalue weighted by Gasteiger charge is -2.27. The number of piperidine rings is 1. The first kappa shape index (κ1) is 15.9. The summed E-state index contributed by atoms with van der Waals surface area (Å²) < 4.78 is 26.1. The van der Waals surface area contributed by atoms with Gasteiger partial charge in [-0.3, -0.25) is 10.1 Å². The van der Waals surface area contributed by atoms with Gasteiger partial charge in [-0.05, 0) is 31.5 Å². The number of non-ortho nitro benzene ring substituents is 1. The van der Waals surface area contributed by atoms with Gasteiger partial charge in [0.25, 0.3) is 5.69 Å². The van der Waals surface area contributed by atoms with Crippen LogP contribution in [-0.2, 0) is 10.0 Å². The number of sulfonamides is 1. The van der Waals surface area contributed by atoms with Gasteiger partial charge in [-0.25, -0.2) is 8.42 Å². The number of nitrogens with one attached hydrogen (secondary N) is 1. The quantitative estimate of drug-likeness (QED) is 0.654. The van der Waals surface area contributed by atoms with E-state index in [4.69, 9.17) is 0 Å². The van der Waals surface area contributed by atoms with Gasteiger partial charge in [0.1, 0.15) is 0 Å². The smallest absolute Gasteiger partial charge is 0.269 e. The van der Waals surface area contributed by atoms with Crippen LogP contribution in [0.5, 0.6) is 0 Å². The minimum atomic E-state index is -3.61. The SMILES string of the molecule is CN(CC1CCCCN1)S(=O)(=O)c1ccc([N+](=O)[O-])cc1. The Kier molecular flexibility index (Phi) is 4.92. The van der Waals surface area contributed by atoms with Crippen molar-refractivity contribution in [2.24, 2.45) is 0 Å². The van der Waals surface area contributed by atoms with Crippen molar-refractivity contribution in [3.05, 3.63) is 34.4 Å². The summed E-state index contributed by atoms with van der Waals surface area (Å²) >= 11 is 0. The summed E-state index contributed by atoms with van der Waals surface area (Å²) in [5.74, 6) is 0. The molecule has 21 heavy (non-hydrogen) atoms. The van der Waals surface area contributed by atoms with E-state index in [0.29, 0.717) is 6.54 Å². The van der Waals surface area contributed by atoms with Crippen LogP contribution in [0.15, 0.2) is 29.2 Å². The molecule has 1 aliphatic rings. The Morgan fingerprint density at radius 2 is 2.00 bits per heavy atom. The van der Waals surface area contributed by atoms with E-state index in [0.717, 1.165) is 25.8 Å². The van der Waals surface area contributed by atoms with Gasteiger partial charge in [0.05, 0.1) is 9.82 Å². The van der Waals surface area contributed by atoms with Crippen LogP contribution in [0, 0.1) is 10.1 Å². The molecule has 1 fully saturated rings. The van der Waals surface area contributed by atoms with Crippen LogP contribution >= 0.6 is 0 Å². The number of rotatable bonds is 5. The Bertz CT molecular complexity index is 594. The number of nitro groups is 1. The summed E-state index contributed by atoms with van der Waals surface area (Å²) in [7, 11) is -2.08. The Balaban J connectivity index is 2.10. The second kappa shape index (κ2) is 6.50. The Labute approximate surface area is 124 Å². The van der Waals surface area contributed by atoms with Crippen LogP contribution in [0.4, 0.5) is 5.69 Å². The highest BCUT2D eigenvalue weighted by atomic mass is 32.2. The highest BCUT2D eigenvalue weighted by Crippen LogP contribution is 2.19. The molecule has 0 spiro atoms. The largest absolute Gasteiger partial charge is 0.313 e. The number of nitro benzene ring substituents is 1. The van der Waals surface area contributed by atoms with Gasteiger partial charge in [0.15, 0.2) is 0 Å².